The normalized spacial score (nSPS) is 10.3. The average Bonchev–Trinajstić information content (AvgIpc) is 3.15. The number of hydrogen-bond acceptors (Lipinski definition) is 6. The van der Waals surface area contributed by atoms with Crippen LogP contribution in [-0.4, -0.2) is 30.3 Å². The third-order valence-corrected chi connectivity index (χ3v) is 3.55. The maximum absolute atomic E-state index is 12.0. The molecule has 0 aliphatic carbocycles. The molecular formula is C18H17N3O4. The third kappa shape index (κ3) is 3.77. The number of rotatable bonds is 6. The second-order valence-corrected chi connectivity index (χ2v) is 5.15. The lowest BCUT2D eigenvalue weighted by Gasteiger charge is -2.07. The number of benzene rings is 1. The van der Waals surface area contributed by atoms with Crippen LogP contribution >= 0.6 is 0 Å². The lowest BCUT2D eigenvalue weighted by Crippen LogP contribution is -2.23. The van der Waals surface area contributed by atoms with Crippen LogP contribution in [0.25, 0.3) is 11.3 Å². The Hall–Kier alpha value is -3.35. The van der Waals surface area contributed by atoms with Gasteiger partial charge in [-0.1, -0.05) is 11.2 Å². The zero-order valence-corrected chi connectivity index (χ0v) is 13.9. The Morgan fingerprint density at radius 1 is 1.12 bits per heavy atom. The number of aromatic nitrogens is 2. The molecular weight excluding hydrogens is 322 g/mol. The molecule has 0 radical (unpaired) electrons. The van der Waals surface area contributed by atoms with Gasteiger partial charge in [0.25, 0.3) is 5.91 Å². The highest BCUT2D eigenvalue weighted by molar-refractivity contribution is 5.92. The van der Waals surface area contributed by atoms with Gasteiger partial charge in [-0.25, -0.2) is 0 Å². The van der Waals surface area contributed by atoms with Gasteiger partial charge in [0.2, 0.25) is 0 Å². The highest BCUT2D eigenvalue weighted by Gasteiger charge is 2.12. The molecule has 0 saturated carbocycles. The lowest BCUT2D eigenvalue weighted by molar-refractivity contribution is 0.0945. The Morgan fingerprint density at radius 2 is 1.96 bits per heavy atom. The van der Waals surface area contributed by atoms with Gasteiger partial charge in [-0.3, -0.25) is 9.78 Å². The zero-order chi connectivity index (χ0) is 17.6. The van der Waals surface area contributed by atoms with Crippen molar-refractivity contribution >= 4 is 5.91 Å². The predicted octanol–water partition coefficient (Wildman–Crippen LogP) is 2.68. The molecule has 1 N–H and O–H groups in total. The largest absolute Gasteiger partial charge is 0.493 e. The number of carbonyl (C=O) groups excluding carboxylic acids is 1. The molecule has 0 spiro atoms. The van der Waals surface area contributed by atoms with E-state index >= 15 is 0 Å². The molecule has 1 amide bonds. The van der Waals surface area contributed by atoms with E-state index in [0.29, 0.717) is 28.6 Å². The Labute approximate surface area is 144 Å². The van der Waals surface area contributed by atoms with Crippen LogP contribution in [0.3, 0.4) is 0 Å². The smallest absolute Gasteiger partial charge is 0.270 e. The molecule has 128 valence electrons. The van der Waals surface area contributed by atoms with E-state index in [9.17, 15) is 4.79 Å². The van der Waals surface area contributed by atoms with Crippen LogP contribution in [0.5, 0.6) is 11.5 Å². The molecule has 7 heteroatoms. The molecule has 0 saturated heterocycles. The minimum Gasteiger partial charge on any atom is -0.493 e. The van der Waals surface area contributed by atoms with E-state index in [1.165, 1.54) is 0 Å². The lowest BCUT2D eigenvalue weighted by atomic mass is 10.1. The van der Waals surface area contributed by atoms with E-state index in [4.69, 9.17) is 14.0 Å². The highest BCUT2D eigenvalue weighted by Crippen LogP contribution is 2.32. The molecule has 0 atom stereocenters. The maximum Gasteiger partial charge on any atom is 0.270 e. The molecule has 7 nitrogen and oxygen atoms in total. The third-order valence-electron chi connectivity index (χ3n) is 3.55. The van der Waals surface area contributed by atoms with Crippen molar-refractivity contribution < 1.29 is 18.8 Å². The van der Waals surface area contributed by atoms with Crippen molar-refractivity contribution in [2.45, 2.75) is 6.54 Å². The summed E-state index contributed by atoms with van der Waals surface area (Å²) >= 11 is 0. The van der Waals surface area contributed by atoms with Crippen molar-refractivity contribution in [2.75, 3.05) is 14.2 Å². The van der Waals surface area contributed by atoms with Gasteiger partial charge in [-0.2, -0.15) is 0 Å². The van der Waals surface area contributed by atoms with Crippen molar-refractivity contribution in [1.82, 2.24) is 15.5 Å². The number of pyridine rings is 1. The fourth-order valence-electron chi connectivity index (χ4n) is 2.28. The van der Waals surface area contributed by atoms with Crippen LogP contribution in [0.2, 0.25) is 0 Å². The first-order valence-corrected chi connectivity index (χ1v) is 7.58. The summed E-state index contributed by atoms with van der Waals surface area (Å²) in [5, 5.41) is 6.73. The SMILES string of the molecule is COc1ccc(-c2cc(CNC(=O)c3ccccn3)no2)cc1OC. The Bertz CT molecular complexity index is 862. The molecule has 0 fully saturated rings. The second kappa shape index (κ2) is 7.48. The molecule has 1 aromatic carbocycles. The maximum atomic E-state index is 12.0. The van der Waals surface area contributed by atoms with Crippen LogP contribution in [0.15, 0.2) is 53.2 Å². The van der Waals surface area contributed by atoms with Crippen molar-refractivity contribution in [3.8, 4) is 22.8 Å². The summed E-state index contributed by atoms with van der Waals surface area (Å²) in [6.07, 6.45) is 1.57. The Kier molecular flexibility index (Phi) is 4.94. The first-order chi connectivity index (χ1) is 12.2. The first-order valence-electron chi connectivity index (χ1n) is 7.58. The summed E-state index contributed by atoms with van der Waals surface area (Å²) < 4.78 is 15.8. The predicted molar refractivity (Wildman–Crippen MR) is 90.5 cm³/mol. The summed E-state index contributed by atoms with van der Waals surface area (Å²) in [4.78, 5) is 16.0. The van der Waals surface area contributed by atoms with Gasteiger partial charge in [0.15, 0.2) is 17.3 Å². The highest BCUT2D eigenvalue weighted by atomic mass is 16.5. The van der Waals surface area contributed by atoms with E-state index in [1.807, 2.05) is 6.07 Å². The first kappa shape index (κ1) is 16.5. The number of amides is 1. The standard InChI is InChI=1S/C18H17N3O4/c1-23-15-7-6-12(9-17(15)24-2)16-10-13(21-25-16)11-20-18(22)14-5-3-4-8-19-14/h3-10H,11H2,1-2H3,(H,20,22). The molecule has 2 aromatic heterocycles. The summed E-state index contributed by atoms with van der Waals surface area (Å²) in [7, 11) is 3.15. The minimum absolute atomic E-state index is 0.242. The molecule has 0 bridgehead atoms. The fraction of sp³-hybridized carbons (Fsp3) is 0.167. The number of methoxy groups -OCH3 is 2. The van der Waals surface area contributed by atoms with Gasteiger partial charge in [-0.05, 0) is 30.3 Å². The summed E-state index contributed by atoms with van der Waals surface area (Å²) in [6.45, 7) is 0.242. The van der Waals surface area contributed by atoms with Gasteiger partial charge < -0.3 is 19.3 Å². The number of hydrogen-bond donors (Lipinski definition) is 1. The van der Waals surface area contributed by atoms with Gasteiger partial charge in [-0.15, -0.1) is 0 Å². The topological polar surface area (TPSA) is 86.5 Å². The van der Waals surface area contributed by atoms with Crippen LogP contribution in [0.4, 0.5) is 0 Å². The van der Waals surface area contributed by atoms with Crippen LogP contribution < -0.4 is 14.8 Å². The molecule has 0 aliphatic heterocycles. The second-order valence-electron chi connectivity index (χ2n) is 5.15. The Morgan fingerprint density at radius 3 is 2.68 bits per heavy atom. The molecule has 3 rings (SSSR count). The van der Waals surface area contributed by atoms with Crippen molar-refractivity contribution in [1.29, 1.82) is 0 Å². The Balaban J connectivity index is 1.69. The van der Waals surface area contributed by atoms with Crippen molar-refractivity contribution in [3.63, 3.8) is 0 Å². The van der Waals surface area contributed by atoms with E-state index in [1.54, 1.807) is 56.8 Å². The van der Waals surface area contributed by atoms with E-state index in [2.05, 4.69) is 15.5 Å². The molecule has 0 unspecified atom stereocenters. The average molecular weight is 339 g/mol. The van der Waals surface area contributed by atoms with E-state index in [-0.39, 0.29) is 12.5 Å². The summed E-state index contributed by atoms with van der Waals surface area (Å²) in [5.41, 5.74) is 1.76. The van der Waals surface area contributed by atoms with E-state index < -0.39 is 0 Å². The van der Waals surface area contributed by atoms with Gasteiger partial charge in [0.05, 0.1) is 20.8 Å². The van der Waals surface area contributed by atoms with Gasteiger partial charge in [0, 0.05) is 17.8 Å². The molecule has 0 aliphatic rings. The number of carbonyl (C=O) groups is 1. The molecule has 25 heavy (non-hydrogen) atoms. The van der Waals surface area contributed by atoms with E-state index in [0.717, 1.165) is 5.56 Å². The summed E-state index contributed by atoms with van der Waals surface area (Å²) in [5.74, 6) is 1.54. The van der Waals surface area contributed by atoms with Gasteiger partial charge >= 0.3 is 0 Å². The number of nitrogens with zero attached hydrogens (tertiary/aromatic N) is 2. The van der Waals surface area contributed by atoms with Crippen LogP contribution in [0, 0.1) is 0 Å². The van der Waals surface area contributed by atoms with Crippen molar-refractivity contribution in [2.24, 2.45) is 0 Å². The summed E-state index contributed by atoms with van der Waals surface area (Å²) in [6, 6.07) is 12.4. The monoisotopic (exact) mass is 339 g/mol. The van der Waals surface area contributed by atoms with Gasteiger partial charge in [0.1, 0.15) is 11.4 Å². The minimum atomic E-state index is -0.267. The van der Waals surface area contributed by atoms with Crippen LogP contribution in [0.1, 0.15) is 16.2 Å². The quantitative estimate of drug-likeness (QED) is 0.743. The number of nitrogens with one attached hydrogen (secondary N) is 1. The van der Waals surface area contributed by atoms with Crippen molar-refractivity contribution in [3.05, 3.63) is 60.0 Å². The van der Waals surface area contributed by atoms with Crippen LogP contribution in [-0.2, 0) is 6.54 Å². The number of ether oxygens (including phenoxy) is 2. The molecule has 3 aromatic rings. The zero-order valence-electron chi connectivity index (χ0n) is 13.9. The fourth-order valence-corrected chi connectivity index (χ4v) is 2.28. The molecule has 2 heterocycles.